The highest BCUT2D eigenvalue weighted by molar-refractivity contribution is 5.76. The monoisotopic (exact) mass is 238 g/mol. The van der Waals surface area contributed by atoms with Gasteiger partial charge >= 0.3 is 0 Å². The van der Waals surface area contributed by atoms with Crippen molar-refractivity contribution in [1.29, 1.82) is 0 Å². The number of rotatable bonds is 6. The Kier molecular flexibility index (Phi) is 5.15. The molecular formula is C12H22N4O. The average molecular weight is 238 g/mol. The first-order valence-corrected chi connectivity index (χ1v) is 6.03. The van der Waals surface area contributed by atoms with Gasteiger partial charge in [0.2, 0.25) is 5.91 Å². The van der Waals surface area contributed by atoms with Crippen molar-refractivity contribution in [2.45, 2.75) is 39.3 Å². The molecule has 0 bridgehead atoms. The number of carbonyl (C=O) groups excluding carboxylic acids is 1. The molecule has 17 heavy (non-hydrogen) atoms. The maximum absolute atomic E-state index is 11.9. The van der Waals surface area contributed by atoms with Gasteiger partial charge in [0.25, 0.3) is 0 Å². The van der Waals surface area contributed by atoms with E-state index in [1.54, 1.807) is 10.9 Å². The van der Waals surface area contributed by atoms with E-state index in [4.69, 9.17) is 5.73 Å². The third kappa shape index (κ3) is 4.56. The molecule has 0 saturated heterocycles. The summed E-state index contributed by atoms with van der Waals surface area (Å²) < 4.78 is 1.75. The van der Waals surface area contributed by atoms with Crippen molar-refractivity contribution in [3.63, 3.8) is 0 Å². The van der Waals surface area contributed by atoms with Crippen molar-refractivity contribution in [1.82, 2.24) is 14.7 Å². The second-order valence-electron chi connectivity index (χ2n) is 4.45. The summed E-state index contributed by atoms with van der Waals surface area (Å²) in [5, 5.41) is 4.10. The van der Waals surface area contributed by atoms with Crippen LogP contribution in [0.4, 0.5) is 0 Å². The van der Waals surface area contributed by atoms with Crippen LogP contribution in [0.15, 0.2) is 12.4 Å². The standard InChI is InChI=1S/C12H22N4O/c1-4-16(12(17)6-5-10(2)13)9-11-7-14-15(3)8-11/h7-8,10H,4-6,9,13H2,1-3H3. The van der Waals surface area contributed by atoms with Gasteiger partial charge in [0.15, 0.2) is 0 Å². The maximum atomic E-state index is 11.9. The molecule has 2 N–H and O–H groups in total. The SMILES string of the molecule is CCN(Cc1cnn(C)c1)C(=O)CCC(C)N. The molecule has 1 atom stereocenters. The second kappa shape index (κ2) is 6.39. The number of hydrogen-bond donors (Lipinski definition) is 1. The highest BCUT2D eigenvalue weighted by Crippen LogP contribution is 2.06. The van der Waals surface area contributed by atoms with Crippen LogP contribution < -0.4 is 5.73 Å². The molecule has 0 aliphatic heterocycles. The van der Waals surface area contributed by atoms with Crippen molar-refractivity contribution in [3.8, 4) is 0 Å². The van der Waals surface area contributed by atoms with Gasteiger partial charge in [-0.05, 0) is 20.3 Å². The first-order chi connectivity index (χ1) is 8.02. The highest BCUT2D eigenvalue weighted by atomic mass is 16.2. The van der Waals surface area contributed by atoms with Crippen LogP contribution in [0.1, 0.15) is 32.3 Å². The summed E-state index contributed by atoms with van der Waals surface area (Å²) in [4.78, 5) is 13.8. The summed E-state index contributed by atoms with van der Waals surface area (Å²) in [5.74, 6) is 0.161. The summed E-state index contributed by atoms with van der Waals surface area (Å²) >= 11 is 0. The molecule has 0 aromatic carbocycles. The summed E-state index contributed by atoms with van der Waals surface area (Å²) in [6.07, 6.45) is 4.98. The predicted octanol–water partition coefficient (Wildman–Crippen LogP) is 0.896. The Hall–Kier alpha value is -1.36. The lowest BCUT2D eigenvalue weighted by Crippen LogP contribution is -2.31. The third-order valence-electron chi connectivity index (χ3n) is 2.68. The summed E-state index contributed by atoms with van der Waals surface area (Å²) in [6.45, 7) is 5.25. The number of hydrogen-bond acceptors (Lipinski definition) is 3. The van der Waals surface area contributed by atoms with Crippen molar-refractivity contribution < 1.29 is 4.79 Å². The normalized spacial score (nSPS) is 12.5. The second-order valence-corrected chi connectivity index (χ2v) is 4.45. The van der Waals surface area contributed by atoms with Gasteiger partial charge in [0, 0.05) is 44.4 Å². The van der Waals surface area contributed by atoms with Gasteiger partial charge in [-0.2, -0.15) is 5.10 Å². The van der Waals surface area contributed by atoms with E-state index in [1.165, 1.54) is 0 Å². The minimum absolute atomic E-state index is 0.0797. The molecule has 0 radical (unpaired) electrons. The Balaban J connectivity index is 2.50. The van der Waals surface area contributed by atoms with Crippen LogP contribution in [0.25, 0.3) is 0 Å². The Labute approximate surface area is 103 Å². The van der Waals surface area contributed by atoms with E-state index in [0.717, 1.165) is 12.0 Å². The van der Waals surface area contributed by atoms with Gasteiger partial charge in [0.1, 0.15) is 0 Å². The average Bonchev–Trinajstić information content (AvgIpc) is 2.68. The molecule has 1 unspecified atom stereocenters. The maximum Gasteiger partial charge on any atom is 0.222 e. The van der Waals surface area contributed by atoms with Gasteiger partial charge < -0.3 is 10.6 Å². The van der Waals surface area contributed by atoms with Gasteiger partial charge in [0.05, 0.1) is 6.20 Å². The van der Waals surface area contributed by atoms with Crippen molar-refractivity contribution in [3.05, 3.63) is 18.0 Å². The van der Waals surface area contributed by atoms with Crippen molar-refractivity contribution in [2.24, 2.45) is 12.8 Å². The molecule has 5 nitrogen and oxygen atoms in total. The lowest BCUT2D eigenvalue weighted by molar-refractivity contribution is -0.131. The first kappa shape index (κ1) is 13.7. The van der Waals surface area contributed by atoms with E-state index >= 15 is 0 Å². The molecule has 0 aliphatic carbocycles. The van der Waals surface area contributed by atoms with Crippen LogP contribution in [0.5, 0.6) is 0 Å². The van der Waals surface area contributed by atoms with Crippen LogP contribution in [-0.2, 0) is 18.4 Å². The van der Waals surface area contributed by atoms with Crippen LogP contribution in [0.3, 0.4) is 0 Å². The molecule has 1 aromatic heterocycles. The minimum atomic E-state index is 0.0797. The van der Waals surface area contributed by atoms with Crippen molar-refractivity contribution >= 4 is 5.91 Å². The van der Waals surface area contributed by atoms with E-state index in [-0.39, 0.29) is 11.9 Å². The van der Waals surface area contributed by atoms with Gasteiger partial charge in [-0.15, -0.1) is 0 Å². The van der Waals surface area contributed by atoms with E-state index in [1.807, 2.05) is 32.0 Å². The van der Waals surface area contributed by atoms with Crippen LogP contribution in [0.2, 0.25) is 0 Å². The summed E-state index contributed by atoms with van der Waals surface area (Å²) in [5.41, 5.74) is 6.71. The topological polar surface area (TPSA) is 64.2 Å². The number of nitrogens with zero attached hydrogens (tertiary/aromatic N) is 3. The molecule has 0 aliphatic rings. The van der Waals surface area contributed by atoms with Gasteiger partial charge in [-0.25, -0.2) is 0 Å². The zero-order valence-electron chi connectivity index (χ0n) is 10.9. The number of aryl methyl sites for hydroxylation is 1. The lowest BCUT2D eigenvalue weighted by atomic mass is 10.2. The predicted molar refractivity (Wildman–Crippen MR) is 67.2 cm³/mol. The Bertz CT molecular complexity index is 359. The summed E-state index contributed by atoms with van der Waals surface area (Å²) in [6, 6.07) is 0.0797. The number of aromatic nitrogens is 2. The highest BCUT2D eigenvalue weighted by Gasteiger charge is 2.13. The fraction of sp³-hybridized carbons (Fsp3) is 0.667. The molecule has 0 saturated carbocycles. The first-order valence-electron chi connectivity index (χ1n) is 6.03. The Morgan fingerprint density at radius 1 is 1.65 bits per heavy atom. The molecular weight excluding hydrogens is 216 g/mol. The van der Waals surface area contributed by atoms with Gasteiger partial charge in [-0.1, -0.05) is 0 Å². The molecule has 1 heterocycles. The van der Waals surface area contributed by atoms with Crippen LogP contribution in [0, 0.1) is 0 Å². The van der Waals surface area contributed by atoms with E-state index in [0.29, 0.717) is 19.5 Å². The largest absolute Gasteiger partial charge is 0.339 e. The zero-order valence-corrected chi connectivity index (χ0v) is 10.9. The van der Waals surface area contributed by atoms with Gasteiger partial charge in [-0.3, -0.25) is 9.48 Å². The smallest absolute Gasteiger partial charge is 0.222 e. The number of nitrogens with two attached hydrogens (primary N) is 1. The van der Waals surface area contributed by atoms with E-state index in [9.17, 15) is 4.79 Å². The third-order valence-corrected chi connectivity index (χ3v) is 2.68. The van der Waals surface area contributed by atoms with E-state index < -0.39 is 0 Å². The quantitative estimate of drug-likeness (QED) is 0.800. The molecule has 1 aromatic rings. The van der Waals surface area contributed by atoms with Crippen molar-refractivity contribution in [2.75, 3.05) is 6.54 Å². The minimum Gasteiger partial charge on any atom is -0.339 e. The molecule has 0 spiro atoms. The van der Waals surface area contributed by atoms with Crippen LogP contribution in [-0.4, -0.2) is 33.2 Å². The van der Waals surface area contributed by atoms with Crippen LogP contribution >= 0.6 is 0 Å². The summed E-state index contributed by atoms with van der Waals surface area (Å²) in [7, 11) is 1.87. The van der Waals surface area contributed by atoms with E-state index in [2.05, 4.69) is 5.10 Å². The number of amides is 1. The molecule has 5 heteroatoms. The molecule has 1 rings (SSSR count). The fourth-order valence-corrected chi connectivity index (χ4v) is 1.66. The fourth-order valence-electron chi connectivity index (χ4n) is 1.66. The molecule has 96 valence electrons. The Morgan fingerprint density at radius 3 is 2.82 bits per heavy atom. The Morgan fingerprint density at radius 2 is 2.35 bits per heavy atom. The number of carbonyl (C=O) groups is 1. The molecule has 0 fully saturated rings. The molecule has 1 amide bonds. The lowest BCUT2D eigenvalue weighted by Gasteiger charge is -2.20. The zero-order chi connectivity index (χ0) is 12.8.